The van der Waals surface area contributed by atoms with Crippen LogP contribution in [0.4, 0.5) is 4.39 Å². The number of nitrogens with two attached hydrogens (primary N) is 1. The van der Waals surface area contributed by atoms with Gasteiger partial charge in [0.1, 0.15) is 22.3 Å². The molecule has 5 heteroatoms. The van der Waals surface area contributed by atoms with Gasteiger partial charge in [-0.2, -0.15) is 0 Å². The largest absolute Gasteiger partial charge is 0.455 e. The molecule has 0 spiro atoms. The first-order valence-corrected chi connectivity index (χ1v) is 6.71. The van der Waals surface area contributed by atoms with Crippen LogP contribution in [0.3, 0.4) is 0 Å². The Labute approximate surface area is 124 Å². The fraction of sp³-hybridized carbons (Fsp3) is 0.0714. The molecule has 0 amide bonds. The van der Waals surface area contributed by atoms with E-state index in [4.69, 9.17) is 22.7 Å². The smallest absolute Gasteiger partial charge is 0.141 e. The lowest BCUT2D eigenvalue weighted by molar-refractivity contribution is 0.473. The molecule has 98 valence electrons. The molecule has 0 saturated heterocycles. The molecule has 2 aromatic carbocycles. The van der Waals surface area contributed by atoms with E-state index in [0.717, 1.165) is 5.56 Å². The number of halogens is 2. The van der Waals surface area contributed by atoms with E-state index in [1.165, 1.54) is 12.1 Å². The SMILES string of the molecule is Cc1cccc(C(N)=S)c1Oc1ccc(F)cc1Br. The third kappa shape index (κ3) is 3.11. The molecule has 0 aliphatic rings. The van der Waals surface area contributed by atoms with Gasteiger partial charge >= 0.3 is 0 Å². The number of hydrogen-bond donors (Lipinski definition) is 1. The number of thiocarbonyl (C=S) groups is 1. The predicted molar refractivity (Wildman–Crippen MR) is 81.2 cm³/mol. The van der Waals surface area contributed by atoms with E-state index in [2.05, 4.69) is 15.9 Å². The van der Waals surface area contributed by atoms with Crippen molar-refractivity contribution in [2.24, 2.45) is 5.73 Å². The topological polar surface area (TPSA) is 35.2 Å². The van der Waals surface area contributed by atoms with Crippen molar-refractivity contribution in [1.29, 1.82) is 0 Å². The van der Waals surface area contributed by atoms with Crippen LogP contribution in [0.2, 0.25) is 0 Å². The molecule has 2 N–H and O–H groups in total. The second-order valence-corrected chi connectivity index (χ2v) is 5.29. The molecule has 0 aliphatic carbocycles. The van der Waals surface area contributed by atoms with E-state index in [9.17, 15) is 4.39 Å². The Hall–Kier alpha value is -1.46. The minimum atomic E-state index is -0.335. The standard InChI is InChI=1S/C14H11BrFNOS/c1-8-3-2-4-10(14(17)19)13(8)18-12-6-5-9(16)7-11(12)15/h2-7H,1H3,(H2,17,19). The van der Waals surface area contributed by atoms with Gasteiger partial charge in [-0.3, -0.25) is 0 Å². The number of benzene rings is 2. The molecule has 19 heavy (non-hydrogen) atoms. The predicted octanol–water partition coefficient (Wildman–Crippen LogP) is 4.32. The molecular weight excluding hydrogens is 329 g/mol. The van der Waals surface area contributed by atoms with Gasteiger partial charge in [0.2, 0.25) is 0 Å². The summed E-state index contributed by atoms with van der Waals surface area (Å²) < 4.78 is 19.4. The Morgan fingerprint density at radius 3 is 2.68 bits per heavy atom. The van der Waals surface area contributed by atoms with Crippen LogP contribution in [0.1, 0.15) is 11.1 Å². The average molecular weight is 340 g/mol. The van der Waals surface area contributed by atoms with Gasteiger partial charge in [0.15, 0.2) is 0 Å². The number of rotatable bonds is 3. The van der Waals surface area contributed by atoms with Crippen LogP contribution in [-0.2, 0) is 0 Å². The third-order valence-electron chi connectivity index (χ3n) is 2.58. The first kappa shape index (κ1) is 14.0. The number of para-hydroxylation sites is 1. The molecule has 0 aliphatic heterocycles. The van der Waals surface area contributed by atoms with E-state index in [0.29, 0.717) is 21.5 Å². The average Bonchev–Trinajstić information content (AvgIpc) is 2.34. The molecule has 2 rings (SSSR count). The van der Waals surface area contributed by atoms with Gasteiger partial charge in [0.25, 0.3) is 0 Å². The number of hydrogen-bond acceptors (Lipinski definition) is 2. The maximum atomic E-state index is 13.0. The Balaban J connectivity index is 2.46. The highest BCUT2D eigenvalue weighted by Gasteiger charge is 2.12. The third-order valence-corrected chi connectivity index (χ3v) is 3.42. The summed E-state index contributed by atoms with van der Waals surface area (Å²) in [6.45, 7) is 1.90. The molecule has 0 heterocycles. The number of aryl methyl sites for hydroxylation is 1. The minimum Gasteiger partial charge on any atom is -0.455 e. The summed E-state index contributed by atoms with van der Waals surface area (Å²) in [6, 6.07) is 9.77. The van der Waals surface area contributed by atoms with Gasteiger partial charge in [-0.1, -0.05) is 24.4 Å². The lowest BCUT2D eigenvalue weighted by atomic mass is 10.1. The second kappa shape index (κ2) is 5.67. The molecule has 0 bridgehead atoms. The summed E-state index contributed by atoms with van der Waals surface area (Å²) in [5.74, 6) is 0.758. The van der Waals surface area contributed by atoms with E-state index < -0.39 is 0 Å². The molecule has 0 fully saturated rings. The minimum absolute atomic E-state index is 0.261. The molecule has 0 radical (unpaired) electrons. The summed E-state index contributed by atoms with van der Waals surface area (Å²) in [6.07, 6.45) is 0. The maximum absolute atomic E-state index is 13.0. The molecule has 0 saturated carbocycles. The van der Waals surface area contributed by atoms with Crippen molar-refractivity contribution in [1.82, 2.24) is 0 Å². The Bertz CT molecular complexity index is 645. The molecule has 2 aromatic rings. The molecular formula is C14H11BrFNOS. The highest BCUT2D eigenvalue weighted by Crippen LogP contribution is 2.33. The second-order valence-electron chi connectivity index (χ2n) is 3.99. The molecule has 0 aromatic heterocycles. The summed E-state index contributed by atoms with van der Waals surface area (Å²) >= 11 is 8.27. The summed E-state index contributed by atoms with van der Waals surface area (Å²) in [4.78, 5) is 0.261. The van der Waals surface area contributed by atoms with Crippen molar-refractivity contribution in [3.63, 3.8) is 0 Å². The van der Waals surface area contributed by atoms with E-state index in [-0.39, 0.29) is 10.8 Å². The van der Waals surface area contributed by atoms with Gasteiger partial charge in [-0.05, 0) is 52.7 Å². The van der Waals surface area contributed by atoms with Gasteiger partial charge in [-0.15, -0.1) is 0 Å². The van der Waals surface area contributed by atoms with Crippen molar-refractivity contribution in [2.45, 2.75) is 6.92 Å². The van der Waals surface area contributed by atoms with Crippen LogP contribution in [0.5, 0.6) is 11.5 Å². The normalized spacial score (nSPS) is 10.3. The van der Waals surface area contributed by atoms with Gasteiger partial charge in [-0.25, -0.2) is 4.39 Å². The van der Waals surface area contributed by atoms with Crippen LogP contribution in [0.25, 0.3) is 0 Å². The first-order chi connectivity index (χ1) is 8.99. The van der Waals surface area contributed by atoms with Crippen molar-refractivity contribution >= 4 is 33.1 Å². The van der Waals surface area contributed by atoms with Crippen molar-refractivity contribution < 1.29 is 9.13 Å². The van der Waals surface area contributed by atoms with Crippen LogP contribution in [-0.4, -0.2) is 4.99 Å². The van der Waals surface area contributed by atoms with Crippen LogP contribution in [0.15, 0.2) is 40.9 Å². The quantitative estimate of drug-likeness (QED) is 0.845. The fourth-order valence-electron chi connectivity index (χ4n) is 1.65. The number of ether oxygens (including phenoxy) is 1. The van der Waals surface area contributed by atoms with Gasteiger partial charge < -0.3 is 10.5 Å². The maximum Gasteiger partial charge on any atom is 0.141 e. The van der Waals surface area contributed by atoms with Crippen molar-refractivity contribution in [2.75, 3.05) is 0 Å². The highest BCUT2D eigenvalue weighted by atomic mass is 79.9. The van der Waals surface area contributed by atoms with Crippen molar-refractivity contribution in [3.05, 3.63) is 57.8 Å². The van der Waals surface area contributed by atoms with Crippen LogP contribution in [0, 0.1) is 12.7 Å². The lowest BCUT2D eigenvalue weighted by Gasteiger charge is -2.14. The Kier molecular flexibility index (Phi) is 4.17. The summed E-state index contributed by atoms with van der Waals surface area (Å²) in [7, 11) is 0. The van der Waals surface area contributed by atoms with Crippen LogP contribution < -0.4 is 10.5 Å². The molecule has 2 nitrogen and oxygen atoms in total. The van der Waals surface area contributed by atoms with Gasteiger partial charge in [0, 0.05) is 0 Å². The molecule has 0 atom stereocenters. The van der Waals surface area contributed by atoms with Gasteiger partial charge in [0.05, 0.1) is 10.0 Å². The zero-order chi connectivity index (χ0) is 14.0. The van der Waals surface area contributed by atoms with Crippen molar-refractivity contribution in [3.8, 4) is 11.5 Å². The van der Waals surface area contributed by atoms with E-state index in [1.54, 1.807) is 12.1 Å². The highest BCUT2D eigenvalue weighted by molar-refractivity contribution is 9.10. The zero-order valence-electron chi connectivity index (χ0n) is 10.1. The lowest BCUT2D eigenvalue weighted by Crippen LogP contribution is -2.11. The Morgan fingerprint density at radius 2 is 2.05 bits per heavy atom. The Morgan fingerprint density at radius 1 is 1.32 bits per heavy atom. The zero-order valence-corrected chi connectivity index (χ0v) is 12.5. The van der Waals surface area contributed by atoms with Crippen LogP contribution >= 0.6 is 28.1 Å². The summed E-state index contributed by atoms with van der Waals surface area (Å²) in [5, 5.41) is 0. The van der Waals surface area contributed by atoms with E-state index in [1.807, 2.05) is 19.1 Å². The fourth-order valence-corrected chi connectivity index (χ4v) is 2.24. The molecule has 0 unspecified atom stereocenters. The first-order valence-electron chi connectivity index (χ1n) is 5.51. The monoisotopic (exact) mass is 339 g/mol. The summed E-state index contributed by atoms with van der Waals surface area (Å²) in [5.41, 5.74) is 7.24. The van der Waals surface area contributed by atoms with E-state index >= 15 is 0 Å².